The summed E-state index contributed by atoms with van der Waals surface area (Å²) in [4.78, 5) is 36.8. The molecular formula is C23H19F3N2O6. The molecule has 3 aromatic rings. The van der Waals surface area contributed by atoms with Crippen molar-refractivity contribution >= 4 is 22.8 Å². The van der Waals surface area contributed by atoms with Crippen LogP contribution in [0.5, 0.6) is 11.5 Å². The number of halogens is 3. The molecule has 2 aromatic carbocycles. The maximum atomic E-state index is 13.4. The quantitative estimate of drug-likeness (QED) is 0.521. The van der Waals surface area contributed by atoms with Crippen molar-refractivity contribution in [2.45, 2.75) is 25.6 Å². The van der Waals surface area contributed by atoms with Gasteiger partial charge in [0.15, 0.2) is 0 Å². The summed E-state index contributed by atoms with van der Waals surface area (Å²) in [6.07, 6.45) is -4.37. The Morgan fingerprint density at radius 2 is 1.85 bits per heavy atom. The molecule has 2 heterocycles. The van der Waals surface area contributed by atoms with Crippen LogP contribution < -0.4 is 15.6 Å². The molecule has 1 amide bonds. The Balaban J connectivity index is 1.84. The van der Waals surface area contributed by atoms with E-state index >= 15 is 0 Å². The standard InChI is InChI=1S/C23H19F3N2O6/c1-11-2-7-15-18-20(11)34-10-14(8-12-3-5-13(6-4-12)23(24,25)26)28(18)22(33)17(19(15)31)21(32)27-9-16(29)30/h2-7,14,31H,8-10H2,1H3,(H,27,32)(H,29,30). The van der Waals surface area contributed by atoms with Gasteiger partial charge in [0.25, 0.3) is 11.5 Å². The fraction of sp³-hybridized carbons (Fsp3) is 0.261. The molecule has 1 atom stereocenters. The Labute approximate surface area is 190 Å². The minimum Gasteiger partial charge on any atom is -0.506 e. The van der Waals surface area contributed by atoms with Gasteiger partial charge in [-0.05, 0) is 42.7 Å². The Morgan fingerprint density at radius 1 is 1.18 bits per heavy atom. The predicted octanol–water partition coefficient (Wildman–Crippen LogP) is 3.02. The molecule has 34 heavy (non-hydrogen) atoms. The van der Waals surface area contributed by atoms with Crippen molar-refractivity contribution in [2.75, 3.05) is 13.2 Å². The van der Waals surface area contributed by atoms with Crippen LogP contribution in [-0.2, 0) is 17.4 Å². The number of hydrogen-bond donors (Lipinski definition) is 3. The van der Waals surface area contributed by atoms with Crippen LogP contribution in [0.25, 0.3) is 10.9 Å². The normalized spacial score (nSPS) is 15.1. The number of alkyl halides is 3. The van der Waals surface area contributed by atoms with Gasteiger partial charge in [-0.25, -0.2) is 0 Å². The summed E-state index contributed by atoms with van der Waals surface area (Å²) < 4.78 is 45.8. The van der Waals surface area contributed by atoms with E-state index in [0.29, 0.717) is 16.9 Å². The average Bonchev–Trinajstić information content (AvgIpc) is 2.77. The highest BCUT2D eigenvalue weighted by Crippen LogP contribution is 2.39. The van der Waals surface area contributed by atoms with Crippen molar-refractivity contribution < 1.29 is 37.7 Å². The van der Waals surface area contributed by atoms with Gasteiger partial charge in [-0.2, -0.15) is 13.2 Å². The third kappa shape index (κ3) is 4.04. The second-order valence-electron chi connectivity index (χ2n) is 7.95. The number of aliphatic carboxylic acids is 1. The van der Waals surface area contributed by atoms with Gasteiger partial charge in [0.2, 0.25) is 0 Å². The lowest BCUT2D eigenvalue weighted by atomic mass is 9.99. The number of aromatic hydroxyl groups is 1. The van der Waals surface area contributed by atoms with E-state index < -0.39 is 53.1 Å². The lowest BCUT2D eigenvalue weighted by Crippen LogP contribution is -2.40. The molecule has 0 saturated carbocycles. The number of amides is 1. The van der Waals surface area contributed by atoms with Gasteiger partial charge in [0.1, 0.15) is 30.2 Å². The van der Waals surface area contributed by atoms with Gasteiger partial charge in [0, 0.05) is 5.39 Å². The summed E-state index contributed by atoms with van der Waals surface area (Å²) >= 11 is 0. The number of ether oxygens (including phenoxy) is 1. The molecular weight excluding hydrogens is 457 g/mol. The highest BCUT2D eigenvalue weighted by Gasteiger charge is 2.32. The number of hydrogen-bond acceptors (Lipinski definition) is 5. The number of carboxylic acids is 1. The third-order valence-corrected chi connectivity index (χ3v) is 5.66. The van der Waals surface area contributed by atoms with Crippen LogP contribution in [0.3, 0.4) is 0 Å². The Hall–Kier alpha value is -4.02. The molecule has 0 saturated heterocycles. The number of nitrogens with zero attached hydrogens (tertiary/aromatic N) is 1. The Bertz CT molecular complexity index is 1360. The second-order valence-corrected chi connectivity index (χ2v) is 7.95. The van der Waals surface area contributed by atoms with Gasteiger partial charge < -0.3 is 20.3 Å². The predicted molar refractivity (Wildman–Crippen MR) is 114 cm³/mol. The zero-order valence-corrected chi connectivity index (χ0v) is 17.8. The van der Waals surface area contributed by atoms with Gasteiger partial charge >= 0.3 is 12.1 Å². The topological polar surface area (TPSA) is 118 Å². The van der Waals surface area contributed by atoms with Crippen molar-refractivity contribution in [2.24, 2.45) is 0 Å². The number of carboxylic acid groups (broad SMARTS) is 1. The first-order chi connectivity index (χ1) is 16.0. The fourth-order valence-electron chi connectivity index (χ4n) is 4.05. The molecule has 11 heteroatoms. The summed E-state index contributed by atoms with van der Waals surface area (Å²) in [6.45, 7) is 0.978. The maximum Gasteiger partial charge on any atom is 0.416 e. The number of rotatable bonds is 5. The molecule has 0 bridgehead atoms. The Morgan fingerprint density at radius 3 is 2.47 bits per heavy atom. The number of aromatic nitrogens is 1. The average molecular weight is 476 g/mol. The largest absolute Gasteiger partial charge is 0.506 e. The summed E-state index contributed by atoms with van der Waals surface area (Å²) in [6, 6.07) is 6.94. The number of pyridine rings is 1. The van der Waals surface area contributed by atoms with Crippen LogP contribution in [-0.4, -0.2) is 39.8 Å². The molecule has 1 aliphatic rings. The van der Waals surface area contributed by atoms with E-state index in [1.54, 1.807) is 13.0 Å². The highest BCUT2D eigenvalue weighted by molar-refractivity contribution is 6.04. The lowest BCUT2D eigenvalue weighted by Gasteiger charge is -2.30. The molecule has 0 aliphatic carbocycles. The highest BCUT2D eigenvalue weighted by atomic mass is 19.4. The first-order valence-corrected chi connectivity index (χ1v) is 10.2. The van der Waals surface area contributed by atoms with Crippen molar-refractivity contribution in [1.82, 2.24) is 9.88 Å². The van der Waals surface area contributed by atoms with Crippen molar-refractivity contribution in [1.29, 1.82) is 0 Å². The summed E-state index contributed by atoms with van der Waals surface area (Å²) in [5.41, 5.74) is -0.860. The first kappa shape index (κ1) is 23.1. The summed E-state index contributed by atoms with van der Waals surface area (Å²) in [7, 11) is 0. The van der Waals surface area contributed by atoms with Crippen LogP contribution in [0.15, 0.2) is 41.2 Å². The van der Waals surface area contributed by atoms with E-state index in [0.717, 1.165) is 12.1 Å². The Kier molecular flexibility index (Phi) is 5.72. The number of benzene rings is 2. The minimum absolute atomic E-state index is 0.00512. The van der Waals surface area contributed by atoms with Crippen LogP contribution in [0.4, 0.5) is 13.2 Å². The molecule has 8 nitrogen and oxygen atoms in total. The number of nitrogens with one attached hydrogen (secondary N) is 1. The number of carbonyl (C=O) groups is 2. The molecule has 0 fully saturated rings. The van der Waals surface area contributed by atoms with Crippen LogP contribution in [0.1, 0.15) is 33.1 Å². The molecule has 3 N–H and O–H groups in total. The molecule has 1 aromatic heterocycles. The minimum atomic E-state index is -4.48. The van der Waals surface area contributed by atoms with E-state index in [-0.39, 0.29) is 23.9 Å². The fourth-order valence-corrected chi connectivity index (χ4v) is 4.05. The second kappa shape index (κ2) is 8.40. The monoisotopic (exact) mass is 476 g/mol. The zero-order chi connectivity index (χ0) is 24.8. The van der Waals surface area contributed by atoms with E-state index in [1.807, 2.05) is 0 Å². The van der Waals surface area contributed by atoms with Crippen LogP contribution >= 0.6 is 0 Å². The van der Waals surface area contributed by atoms with Crippen molar-refractivity contribution in [3.8, 4) is 11.5 Å². The molecule has 0 radical (unpaired) electrons. The smallest absolute Gasteiger partial charge is 0.416 e. The number of aryl methyl sites for hydroxylation is 1. The lowest BCUT2D eigenvalue weighted by molar-refractivity contribution is -0.138. The van der Waals surface area contributed by atoms with Gasteiger partial charge in [-0.3, -0.25) is 19.0 Å². The maximum absolute atomic E-state index is 13.4. The molecule has 1 aliphatic heterocycles. The van der Waals surface area contributed by atoms with Crippen LogP contribution in [0.2, 0.25) is 0 Å². The van der Waals surface area contributed by atoms with E-state index in [9.17, 15) is 32.7 Å². The summed E-state index contributed by atoms with van der Waals surface area (Å²) in [5.74, 6) is -2.66. The van der Waals surface area contributed by atoms with E-state index in [1.165, 1.54) is 22.8 Å². The van der Waals surface area contributed by atoms with E-state index in [2.05, 4.69) is 5.32 Å². The third-order valence-electron chi connectivity index (χ3n) is 5.66. The van der Waals surface area contributed by atoms with Crippen molar-refractivity contribution in [3.05, 3.63) is 69.0 Å². The van der Waals surface area contributed by atoms with Gasteiger partial charge in [-0.15, -0.1) is 0 Å². The molecule has 4 rings (SSSR count). The molecule has 1 unspecified atom stereocenters. The SMILES string of the molecule is Cc1ccc2c(O)c(C(=O)NCC(=O)O)c(=O)n3c2c1OCC3Cc1ccc(C(F)(F)F)cc1. The number of carbonyl (C=O) groups excluding carboxylic acids is 1. The van der Waals surface area contributed by atoms with Crippen LogP contribution in [0, 0.1) is 6.92 Å². The summed E-state index contributed by atoms with van der Waals surface area (Å²) in [5, 5.41) is 21.8. The first-order valence-electron chi connectivity index (χ1n) is 10.2. The van der Waals surface area contributed by atoms with Gasteiger partial charge in [-0.1, -0.05) is 18.2 Å². The molecule has 178 valence electrons. The van der Waals surface area contributed by atoms with Gasteiger partial charge in [0.05, 0.1) is 17.1 Å². The van der Waals surface area contributed by atoms with Crippen molar-refractivity contribution in [3.63, 3.8) is 0 Å². The van der Waals surface area contributed by atoms with E-state index in [4.69, 9.17) is 9.84 Å². The zero-order valence-electron chi connectivity index (χ0n) is 17.8. The molecule has 0 spiro atoms.